The molecule has 0 aliphatic heterocycles. The summed E-state index contributed by atoms with van der Waals surface area (Å²) in [6.45, 7) is 2.03. The van der Waals surface area contributed by atoms with E-state index in [9.17, 15) is 9.59 Å². The zero-order valence-corrected chi connectivity index (χ0v) is 12.1. The zero-order chi connectivity index (χ0) is 15.1. The average Bonchev–Trinajstić information content (AvgIpc) is 2.47. The molecule has 0 heterocycles. The van der Waals surface area contributed by atoms with Crippen LogP contribution in [0.4, 0.5) is 0 Å². The molecule has 0 spiro atoms. The van der Waals surface area contributed by atoms with Crippen LogP contribution in [0, 0.1) is 0 Å². The van der Waals surface area contributed by atoms with Crippen LogP contribution in [0.5, 0.6) is 0 Å². The largest absolute Gasteiger partial charge is 0.352 e. The van der Waals surface area contributed by atoms with Crippen LogP contribution in [-0.4, -0.2) is 11.7 Å². The van der Waals surface area contributed by atoms with Gasteiger partial charge in [-0.2, -0.15) is 0 Å². The summed E-state index contributed by atoms with van der Waals surface area (Å²) in [6, 6.07) is 17.3. The van der Waals surface area contributed by atoms with Crippen molar-refractivity contribution in [3.8, 4) is 0 Å². The van der Waals surface area contributed by atoms with Crippen molar-refractivity contribution < 1.29 is 9.59 Å². The Morgan fingerprint density at radius 1 is 0.857 bits per heavy atom. The normalized spacial score (nSPS) is 10.1. The fourth-order valence-electron chi connectivity index (χ4n) is 2.21. The third-order valence-corrected chi connectivity index (χ3v) is 3.24. The summed E-state index contributed by atoms with van der Waals surface area (Å²) in [6.07, 6.45) is 0.778. The second-order valence-electron chi connectivity index (χ2n) is 5.09. The second-order valence-corrected chi connectivity index (χ2v) is 5.09. The molecule has 21 heavy (non-hydrogen) atoms. The van der Waals surface area contributed by atoms with Crippen molar-refractivity contribution in [3.05, 3.63) is 71.3 Å². The molecule has 0 aliphatic rings. The van der Waals surface area contributed by atoms with E-state index in [1.807, 2.05) is 54.6 Å². The van der Waals surface area contributed by atoms with Gasteiger partial charge in [-0.15, -0.1) is 0 Å². The minimum atomic E-state index is -0.0150. The molecule has 3 heteroatoms. The van der Waals surface area contributed by atoms with E-state index in [0.717, 1.165) is 16.7 Å². The first-order valence-corrected chi connectivity index (χ1v) is 7.02. The molecule has 2 aromatic carbocycles. The van der Waals surface area contributed by atoms with Crippen molar-refractivity contribution in [2.75, 3.05) is 0 Å². The van der Waals surface area contributed by atoms with Crippen molar-refractivity contribution in [2.24, 2.45) is 0 Å². The molecule has 0 saturated carbocycles. The minimum Gasteiger partial charge on any atom is -0.352 e. The predicted molar refractivity (Wildman–Crippen MR) is 82.8 cm³/mol. The van der Waals surface area contributed by atoms with Crippen LogP contribution in [0.1, 0.15) is 23.6 Å². The van der Waals surface area contributed by atoms with Crippen molar-refractivity contribution in [1.29, 1.82) is 0 Å². The summed E-state index contributed by atoms with van der Waals surface area (Å²) in [4.78, 5) is 23.2. The van der Waals surface area contributed by atoms with Crippen molar-refractivity contribution in [3.63, 3.8) is 0 Å². The molecule has 0 unspecified atom stereocenters. The molecule has 0 radical (unpaired) electrons. The summed E-state index contributed by atoms with van der Waals surface area (Å²) >= 11 is 0. The molecule has 0 aromatic heterocycles. The van der Waals surface area contributed by atoms with Crippen LogP contribution in [0.3, 0.4) is 0 Å². The maximum absolute atomic E-state index is 11.9. The quantitative estimate of drug-likeness (QED) is 0.885. The maximum Gasteiger partial charge on any atom is 0.224 e. The van der Waals surface area contributed by atoms with Crippen LogP contribution in [0.25, 0.3) is 0 Å². The maximum atomic E-state index is 11.9. The highest BCUT2D eigenvalue weighted by Gasteiger charge is 2.07. The summed E-state index contributed by atoms with van der Waals surface area (Å²) in [5.74, 6) is 0.108. The van der Waals surface area contributed by atoms with E-state index < -0.39 is 0 Å². The van der Waals surface area contributed by atoms with E-state index >= 15 is 0 Å². The van der Waals surface area contributed by atoms with Gasteiger partial charge in [0.25, 0.3) is 0 Å². The molecule has 0 saturated heterocycles. The number of amides is 1. The highest BCUT2D eigenvalue weighted by molar-refractivity contribution is 5.79. The van der Waals surface area contributed by atoms with Gasteiger partial charge in [-0.25, -0.2) is 0 Å². The summed E-state index contributed by atoms with van der Waals surface area (Å²) < 4.78 is 0. The number of hydrogen-bond acceptors (Lipinski definition) is 2. The van der Waals surface area contributed by atoms with E-state index in [0.29, 0.717) is 19.4 Å². The lowest BCUT2D eigenvalue weighted by Gasteiger charge is -2.10. The Balaban J connectivity index is 1.93. The first kappa shape index (κ1) is 15.0. The summed E-state index contributed by atoms with van der Waals surface area (Å²) in [7, 11) is 0. The Morgan fingerprint density at radius 2 is 1.48 bits per heavy atom. The van der Waals surface area contributed by atoms with Gasteiger partial charge in [0.05, 0.1) is 6.42 Å². The number of carbonyl (C=O) groups is 2. The van der Waals surface area contributed by atoms with Gasteiger partial charge in [0.2, 0.25) is 5.91 Å². The first-order valence-electron chi connectivity index (χ1n) is 7.02. The lowest BCUT2D eigenvalue weighted by atomic mass is 10.0. The van der Waals surface area contributed by atoms with E-state index in [4.69, 9.17) is 0 Å². The van der Waals surface area contributed by atoms with E-state index in [1.54, 1.807) is 6.92 Å². The van der Waals surface area contributed by atoms with Gasteiger partial charge in [0.1, 0.15) is 5.78 Å². The van der Waals surface area contributed by atoms with Gasteiger partial charge < -0.3 is 5.32 Å². The standard InChI is InChI=1S/C18H19NO2/c1-14(20)11-16-9-5-6-10-17(16)13-19-18(21)12-15-7-3-2-4-8-15/h2-10H,11-13H2,1H3,(H,19,21). The van der Waals surface area contributed by atoms with E-state index in [2.05, 4.69) is 5.32 Å². The van der Waals surface area contributed by atoms with Crippen LogP contribution >= 0.6 is 0 Å². The molecule has 108 valence electrons. The Bertz CT molecular complexity index is 620. The third kappa shape index (κ3) is 4.88. The van der Waals surface area contributed by atoms with Crippen LogP contribution in [0.2, 0.25) is 0 Å². The van der Waals surface area contributed by atoms with Gasteiger partial charge in [-0.3, -0.25) is 9.59 Å². The number of ketones is 1. The number of hydrogen-bond donors (Lipinski definition) is 1. The Morgan fingerprint density at radius 3 is 2.14 bits per heavy atom. The fourth-order valence-corrected chi connectivity index (χ4v) is 2.21. The lowest BCUT2D eigenvalue weighted by molar-refractivity contribution is -0.120. The lowest BCUT2D eigenvalue weighted by Crippen LogP contribution is -2.25. The zero-order valence-electron chi connectivity index (χ0n) is 12.1. The molecule has 0 bridgehead atoms. The first-order chi connectivity index (χ1) is 10.1. The van der Waals surface area contributed by atoms with E-state index in [-0.39, 0.29) is 11.7 Å². The van der Waals surface area contributed by atoms with Crippen LogP contribution in [-0.2, 0) is 29.0 Å². The number of Topliss-reactive ketones (excluding diaryl/α,β-unsaturated/α-hetero) is 1. The molecule has 1 N–H and O–H groups in total. The smallest absolute Gasteiger partial charge is 0.224 e. The monoisotopic (exact) mass is 281 g/mol. The Labute approximate surface area is 125 Å². The van der Waals surface area contributed by atoms with Gasteiger partial charge in [0, 0.05) is 13.0 Å². The molecule has 3 nitrogen and oxygen atoms in total. The molecular formula is C18H19NO2. The third-order valence-electron chi connectivity index (χ3n) is 3.24. The van der Waals surface area contributed by atoms with Gasteiger partial charge in [0.15, 0.2) is 0 Å². The fraction of sp³-hybridized carbons (Fsp3) is 0.222. The van der Waals surface area contributed by atoms with Crippen LogP contribution in [0.15, 0.2) is 54.6 Å². The van der Waals surface area contributed by atoms with Crippen molar-refractivity contribution >= 4 is 11.7 Å². The van der Waals surface area contributed by atoms with Gasteiger partial charge in [-0.05, 0) is 23.6 Å². The molecular weight excluding hydrogens is 262 g/mol. The SMILES string of the molecule is CC(=O)Cc1ccccc1CNC(=O)Cc1ccccc1. The highest BCUT2D eigenvalue weighted by atomic mass is 16.1. The van der Waals surface area contributed by atoms with Crippen LogP contribution < -0.4 is 5.32 Å². The van der Waals surface area contributed by atoms with E-state index in [1.165, 1.54) is 0 Å². The number of rotatable bonds is 6. The van der Waals surface area contributed by atoms with Gasteiger partial charge in [-0.1, -0.05) is 54.6 Å². The summed E-state index contributed by atoms with van der Waals surface area (Å²) in [5.41, 5.74) is 2.96. The topological polar surface area (TPSA) is 46.2 Å². The number of carbonyl (C=O) groups excluding carboxylic acids is 2. The Hall–Kier alpha value is -2.42. The summed E-state index contributed by atoms with van der Waals surface area (Å²) in [5, 5.41) is 2.91. The number of benzene rings is 2. The average molecular weight is 281 g/mol. The highest BCUT2D eigenvalue weighted by Crippen LogP contribution is 2.10. The predicted octanol–water partition coefficient (Wildman–Crippen LogP) is 2.68. The molecule has 0 aliphatic carbocycles. The molecule has 0 atom stereocenters. The van der Waals surface area contributed by atoms with Crippen molar-refractivity contribution in [2.45, 2.75) is 26.3 Å². The number of nitrogens with one attached hydrogen (secondary N) is 1. The molecule has 1 amide bonds. The Kier molecular flexibility index (Phi) is 5.27. The second kappa shape index (κ2) is 7.39. The van der Waals surface area contributed by atoms with Gasteiger partial charge >= 0.3 is 0 Å². The molecule has 2 rings (SSSR count). The molecule has 2 aromatic rings. The van der Waals surface area contributed by atoms with Crippen molar-refractivity contribution in [1.82, 2.24) is 5.32 Å². The minimum absolute atomic E-state index is 0.0150. The molecule has 0 fully saturated rings.